The standard InChI is InChI=1S/C15H25N3O.CH4/c1-2-11-18-14(7-1)13-15(16-18)19-12-6-5-10-17-8-3-4-9-17;/h13H,1-12H2;1H4. The van der Waals surface area contributed by atoms with Crippen molar-refractivity contribution in [1.82, 2.24) is 14.7 Å². The Hall–Kier alpha value is -1.03. The van der Waals surface area contributed by atoms with Crippen molar-refractivity contribution >= 4 is 0 Å². The van der Waals surface area contributed by atoms with Gasteiger partial charge < -0.3 is 9.64 Å². The molecule has 0 radical (unpaired) electrons. The van der Waals surface area contributed by atoms with Crippen LogP contribution >= 0.6 is 0 Å². The maximum atomic E-state index is 5.77. The summed E-state index contributed by atoms with van der Waals surface area (Å²) in [6, 6.07) is 2.12. The fourth-order valence-electron chi connectivity index (χ4n) is 3.08. The lowest BCUT2D eigenvalue weighted by Crippen LogP contribution is -2.20. The van der Waals surface area contributed by atoms with Crippen LogP contribution in [-0.2, 0) is 13.0 Å². The molecule has 0 aromatic carbocycles. The molecule has 4 heteroatoms. The zero-order valence-electron chi connectivity index (χ0n) is 11.8. The minimum atomic E-state index is 0. The fraction of sp³-hybridized carbons (Fsp3) is 0.812. The van der Waals surface area contributed by atoms with Crippen molar-refractivity contribution in [2.24, 2.45) is 0 Å². The SMILES string of the molecule is C.c1c(OCCCCN2CCCC2)nn2c1CCCC2. The molecule has 1 aromatic heterocycles. The highest BCUT2D eigenvalue weighted by atomic mass is 16.5. The van der Waals surface area contributed by atoms with Gasteiger partial charge in [0.05, 0.1) is 6.61 Å². The van der Waals surface area contributed by atoms with E-state index in [4.69, 9.17) is 4.74 Å². The van der Waals surface area contributed by atoms with E-state index in [0.717, 1.165) is 31.9 Å². The quantitative estimate of drug-likeness (QED) is 0.750. The van der Waals surface area contributed by atoms with Crippen LogP contribution in [0.3, 0.4) is 0 Å². The van der Waals surface area contributed by atoms with Gasteiger partial charge in [0.2, 0.25) is 5.88 Å². The molecule has 20 heavy (non-hydrogen) atoms. The lowest BCUT2D eigenvalue weighted by molar-refractivity contribution is 0.270. The Labute approximate surface area is 123 Å². The molecule has 0 unspecified atom stereocenters. The predicted octanol–water partition coefficient (Wildman–Crippen LogP) is 3.11. The molecule has 0 atom stereocenters. The Bertz CT molecular complexity index is 373. The predicted molar refractivity (Wildman–Crippen MR) is 82.3 cm³/mol. The summed E-state index contributed by atoms with van der Waals surface area (Å²) in [5, 5.41) is 4.51. The second-order valence-electron chi connectivity index (χ2n) is 5.76. The van der Waals surface area contributed by atoms with E-state index in [1.165, 1.54) is 57.4 Å². The normalized spacial score (nSPS) is 18.6. The first kappa shape index (κ1) is 15.4. The van der Waals surface area contributed by atoms with Crippen molar-refractivity contribution < 1.29 is 4.74 Å². The van der Waals surface area contributed by atoms with E-state index in [9.17, 15) is 0 Å². The Morgan fingerprint density at radius 1 is 1.05 bits per heavy atom. The monoisotopic (exact) mass is 279 g/mol. The number of ether oxygens (including phenoxy) is 1. The van der Waals surface area contributed by atoms with Gasteiger partial charge in [0.1, 0.15) is 0 Å². The van der Waals surface area contributed by atoms with Crippen molar-refractivity contribution in [3.8, 4) is 5.88 Å². The molecule has 2 aliphatic rings. The van der Waals surface area contributed by atoms with Gasteiger partial charge in [0.25, 0.3) is 0 Å². The zero-order valence-corrected chi connectivity index (χ0v) is 11.8. The lowest BCUT2D eigenvalue weighted by Gasteiger charge is -2.13. The second-order valence-corrected chi connectivity index (χ2v) is 5.76. The van der Waals surface area contributed by atoms with Gasteiger partial charge >= 0.3 is 0 Å². The number of nitrogens with zero attached hydrogens (tertiary/aromatic N) is 3. The molecule has 0 saturated carbocycles. The van der Waals surface area contributed by atoms with Crippen molar-refractivity contribution in [2.75, 3.05) is 26.2 Å². The van der Waals surface area contributed by atoms with Crippen molar-refractivity contribution in [3.05, 3.63) is 11.8 Å². The Balaban J connectivity index is 0.00000147. The third-order valence-corrected chi connectivity index (χ3v) is 4.21. The highest BCUT2D eigenvalue weighted by Crippen LogP contribution is 2.19. The molecule has 0 spiro atoms. The number of rotatable bonds is 6. The van der Waals surface area contributed by atoms with Crippen LogP contribution in [0.1, 0.15) is 51.6 Å². The third-order valence-electron chi connectivity index (χ3n) is 4.21. The highest BCUT2D eigenvalue weighted by Gasteiger charge is 2.13. The van der Waals surface area contributed by atoms with E-state index in [0.29, 0.717) is 0 Å². The number of fused-ring (bicyclic) bond motifs is 1. The maximum absolute atomic E-state index is 5.77. The molecule has 1 saturated heterocycles. The van der Waals surface area contributed by atoms with E-state index in [1.807, 2.05) is 0 Å². The van der Waals surface area contributed by atoms with Crippen LogP contribution in [0, 0.1) is 0 Å². The van der Waals surface area contributed by atoms with Gasteiger partial charge in [-0.25, -0.2) is 0 Å². The molecule has 1 aromatic rings. The number of aryl methyl sites for hydroxylation is 2. The molecule has 1 fully saturated rings. The summed E-state index contributed by atoms with van der Waals surface area (Å²) < 4.78 is 7.89. The molecule has 114 valence electrons. The maximum Gasteiger partial charge on any atom is 0.232 e. The molecular weight excluding hydrogens is 250 g/mol. The Kier molecular flexibility index (Phi) is 5.89. The van der Waals surface area contributed by atoms with Crippen LogP contribution in [0.25, 0.3) is 0 Å². The van der Waals surface area contributed by atoms with Crippen molar-refractivity contribution in [2.45, 2.75) is 58.9 Å². The summed E-state index contributed by atoms with van der Waals surface area (Å²) in [7, 11) is 0. The Morgan fingerprint density at radius 3 is 2.65 bits per heavy atom. The van der Waals surface area contributed by atoms with Gasteiger partial charge in [-0.3, -0.25) is 4.68 Å². The van der Waals surface area contributed by atoms with Crippen LogP contribution in [0.15, 0.2) is 6.07 Å². The molecule has 4 nitrogen and oxygen atoms in total. The minimum absolute atomic E-state index is 0. The van der Waals surface area contributed by atoms with Crippen molar-refractivity contribution in [3.63, 3.8) is 0 Å². The van der Waals surface area contributed by atoms with Crippen LogP contribution in [0.4, 0.5) is 0 Å². The molecule has 3 rings (SSSR count). The summed E-state index contributed by atoms with van der Waals surface area (Å²) in [5.41, 5.74) is 1.35. The molecular formula is C16H29N3O. The topological polar surface area (TPSA) is 30.3 Å². The summed E-state index contributed by atoms with van der Waals surface area (Å²) in [4.78, 5) is 2.56. The van der Waals surface area contributed by atoms with Crippen molar-refractivity contribution in [1.29, 1.82) is 0 Å². The first-order valence-electron chi connectivity index (χ1n) is 7.84. The zero-order chi connectivity index (χ0) is 12.9. The largest absolute Gasteiger partial charge is 0.477 e. The number of unbranched alkanes of at least 4 members (excludes halogenated alkanes) is 1. The lowest BCUT2D eigenvalue weighted by atomic mass is 10.1. The van der Waals surface area contributed by atoms with Crippen LogP contribution in [-0.4, -0.2) is 40.9 Å². The molecule has 0 N–H and O–H groups in total. The first-order valence-corrected chi connectivity index (χ1v) is 7.84. The smallest absolute Gasteiger partial charge is 0.232 e. The minimum Gasteiger partial charge on any atom is -0.477 e. The van der Waals surface area contributed by atoms with Crippen LogP contribution < -0.4 is 4.74 Å². The first-order chi connectivity index (χ1) is 9.42. The van der Waals surface area contributed by atoms with Gasteiger partial charge in [-0.2, -0.15) is 0 Å². The average molecular weight is 279 g/mol. The summed E-state index contributed by atoms with van der Waals surface area (Å²) in [6.07, 6.45) is 8.86. The molecule has 0 aliphatic carbocycles. The average Bonchev–Trinajstić information content (AvgIpc) is 3.06. The number of aromatic nitrogens is 2. The second kappa shape index (κ2) is 7.67. The van der Waals surface area contributed by atoms with E-state index in [2.05, 4.69) is 20.7 Å². The van der Waals surface area contributed by atoms with E-state index >= 15 is 0 Å². The van der Waals surface area contributed by atoms with E-state index < -0.39 is 0 Å². The van der Waals surface area contributed by atoms with E-state index in [-0.39, 0.29) is 7.43 Å². The molecule has 2 aliphatic heterocycles. The van der Waals surface area contributed by atoms with Crippen LogP contribution in [0.5, 0.6) is 5.88 Å². The van der Waals surface area contributed by atoms with Gasteiger partial charge in [0, 0.05) is 18.3 Å². The third kappa shape index (κ3) is 3.98. The highest BCUT2D eigenvalue weighted by molar-refractivity contribution is 5.16. The number of likely N-dealkylation sites (tertiary alicyclic amines) is 1. The molecule has 3 heterocycles. The number of hydrogen-bond acceptors (Lipinski definition) is 3. The fourth-order valence-corrected chi connectivity index (χ4v) is 3.08. The summed E-state index contributed by atoms with van der Waals surface area (Å²) >= 11 is 0. The van der Waals surface area contributed by atoms with Gasteiger partial charge in [0.15, 0.2) is 0 Å². The molecule has 0 bridgehead atoms. The summed E-state index contributed by atoms with van der Waals surface area (Å²) in [5.74, 6) is 0.832. The summed E-state index contributed by atoms with van der Waals surface area (Å²) in [6.45, 7) is 5.71. The van der Waals surface area contributed by atoms with Gasteiger partial charge in [-0.05, 0) is 64.6 Å². The van der Waals surface area contributed by atoms with Gasteiger partial charge in [-0.15, -0.1) is 5.10 Å². The molecule has 0 amide bonds. The van der Waals surface area contributed by atoms with Gasteiger partial charge in [-0.1, -0.05) is 7.43 Å². The number of hydrogen-bond donors (Lipinski definition) is 0. The van der Waals surface area contributed by atoms with E-state index in [1.54, 1.807) is 0 Å². The van der Waals surface area contributed by atoms with Crippen LogP contribution in [0.2, 0.25) is 0 Å². The Morgan fingerprint density at radius 2 is 1.85 bits per heavy atom.